The summed E-state index contributed by atoms with van der Waals surface area (Å²) >= 11 is 2.27. The molecule has 0 bridgehead atoms. The molecule has 1 atom stereocenters. The van der Waals surface area contributed by atoms with Crippen molar-refractivity contribution >= 4 is 28.4 Å². The minimum atomic E-state index is 0.0507. The first-order valence-electron chi connectivity index (χ1n) is 7.64. The molecule has 2 rings (SSSR count). The number of halogens is 1. The molecule has 0 saturated heterocycles. The molecule has 20 heavy (non-hydrogen) atoms. The van der Waals surface area contributed by atoms with Gasteiger partial charge in [0, 0.05) is 19.3 Å². The van der Waals surface area contributed by atoms with Crippen molar-refractivity contribution in [3.05, 3.63) is 15.6 Å². The van der Waals surface area contributed by atoms with Crippen molar-refractivity contribution in [2.24, 2.45) is 5.92 Å². The third-order valence-corrected chi connectivity index (χ3v) is 4.58. The van der Waals surface area contributed by atoms with Gasteiger partial charge in [0.05, 0.1) is 3.57 Å². The lowest BCUT2D eigenvalue weighted by molar-refractivity contribution is -0.000128. The molecule has 4 nitrogen and oxygen atoms in total. The fourth-order valence-corrected chi connectivity index (χ4v) is 3.30. The summed E-state index contributed by atoms with van der Waals surface area (Å²) in [5, 5.41) is 3.30. The van der Waals surface area contributed by atoms with E-state index < -0.39 is 0 Å². The van der Waals surface area contributed by atoms with Crippen LogP contribution in [-0.2, 0) is 4.74 Å². The molecule has 0 spiro atoms. The highest BCUT2D eigenvalue weighted by Crippen LogP contribution is 2.36. The van der Waals surface area contributed by atoms with E-state index in [1.807, 2.05) is 13.1 Å². The Morgan fingerprint density at radius 2 is 2.10 bits per heavy atom. The Bertz CT molecular complexity index is 422. The first kappa shape index (κ1) is 15.9. The van der Waals surface area contributed by atoms with Gasteiger partial charge in [-0.15, -0.1) is 0 Å². The van der Waals surface area contributed by atoms with Gasteiger partial charge in [-0.05, 0) is 55.2 Å². The third-order valence-electron chi connectivity index (χ3n) is 3.79. The predicted octanol–water partition coefficient (Wildman–Crippen LogP) is 4.17. The normalized spacial score (nSPS) is 17.9. The molecule has 1 N–H and O–H groups in total. The van der Waals surface area contributed by atoms with Crippen molar-refractivity contribution in [3.8, 4) is 0 Å². The highest BCUT2D eigenvalue weighted by Gasteiger charge is 2.28. The number of hydrogen-bond donors (Lipinski definition) is 1. The summed E-state index contributed by atoms with van der Waals surface area (Å²) < 4.78 is 7.05. The lowest BCUT2D eigenvalue weighted by atomic mass is 9.85. The minimum Gasteiger partial charge on any atom is -0.370 e. The van der Waals surface area contributed by atoms with E-state index in [1.54, 1.807) is 0 Å². The molecule has 0 aromatic carbocycles. The van der Waals surface area contributed by atoms with E-state index in [2.05, 4.69) is 39.8 Å². The highest BCUT2D eigenvalue weighted by molar-refractivity contribution is 14.1. The first-order chi connectivity index (χ1) is 9.76. The van der Waals surface area contributed by atoms with Gasteiger partial charge in [-0.3, -0.25) is 0 Å². The van der Waals surface area contributed by atoms with Crippen LogP contribution in [0.3, 0.4) is 0 Å². The van der Waals surface area contributed by atoms with Crippen molar-refractivity contribution in [3.63, 3.8) is 0 Å². The van der Waals surface area contributed by atoms with E-state index in [-0.39, 0.29) is 6.10 Å². The smallest absolute Gasteiger partial charge is 0.159 e. The second-order valence-electron chi connectivity index (χ2n) is 5.23. The number of anilines is 1. The maximum atomic E-state index is 5.99. The zero-order valence-corrected chi connectivity index (χ0v) is 14.5. The topological polar surface area (TPSA) is 47.0 Å². The van der Waals surface area contributed by atoms with Gasteiger partial charge in [-0.25, -0.2) is 9.97 Å². The van der Waals surface area contributed by atoms with Gasteiger partial charge in [0.1, 0.15) is 11.9 Å². The maximum Gasteiger partial charge on any atom is 0.159 e. The highest BCUT2D eigenvalue weighted by atomic mass is 127. The largest absolute Gasteiger partial charge is 0.370 e. The molecule has 5 heteroatoms. The van der Waals surface area contributed by atoms with E-state index >= 15 is 0 Å². The molecule has 1 unspecified atom stereocenters. The van der Waals surface area contributed by atoms with Crippen molar-refractivity contribution in [2.75, 3.05) is 18.5 Å². The van der Waals surface area contributed by atoms with Crippen LogP contribution >= 0.6 is 22.6 Å². The van der Waals surface area contributed by atoms with E-state index in [0.717, 1.165) is 21.8 Å². The standard InChI is InChI=1S/C15H24IN3O/c1-3-17-14-12(16)10-18-15(19-14)13(20-4-2)11-8-6-5-7-9-11/h10-11,13H,3-9H2,1-2H3,(H,17,18,19). The molecule has 1 aliphatic rings. The van der Waals surface area contributed by atoms with Gasteiger partial charge in [-0.2, -0.15) is 0 Å². The number of nitrogens with zero attached hydrogens (tertiary/aromatic N) is 2. The van der Waals surface area contributed by atoms with Gasteiger partial charge < -0.3 is 10.1 Å². The SMILES string of the molecule is CCNc1nc(C(OCC)C2CCCCC2)ncc1I. The van der Waals surface area contributed by atoms with Crippen LogP contribution in [0, 0.1) is 9.49 Å². The van der Waals surface area contributed by atoms with Gasteiger partial charge in [0.15, 0.2) is 5.82 Å². The van der Waals surface area contributed by atoms with E-state index in [9.17, 15) is 0 Å². The van der Waals surface area contributed by atoms with Crippen molar-refractivity contribution in [1.82, 2.24) is 9.97 Å². The number of aromatic nitrogens is 2. The molecule has 1 heterocycles. The van der Waals surface area contributed by atoms with Crippen LogP contribution in [0.15, 0.2) is 6.20 Å². The zero-order chi connectivity index (χ0) is 14.4. The lowest BCUT2D eigenvalue weighted by Gasteiger charge is -2.29. The Balaban J connectivity index is 2.21. The molecular weight excluding hydrogens is 365 g/mol. The molecule has 0 radical (unpaired) electrons. The molecule has 1 aromatic heterocycles. The van der Waals surface area contributed by atoms with Crippen LogP contribution in [-0.4, -0.2) is 23.1 Å². The summed E-state index contributed by atoms with van der Waals surface area (Å²) in [6.45, 7) is 5.72. The average molecular weight is 389 g/mol. The molecule has 0 amide bonds. The van der Waals surface area contributed by atoms with Crippen LogP contribution in [0.4, 0.5) is 5.82 Å². The summed E-state index contributed by atoms with van der Waals surface area (Å²) in [6, 6.07) is 0. The third kappa shape index (κ3) is 4.04. The summed E-state index contributed by atoms with van der Waals surface area (Å²) in [5.41, 5.74) is 0. The molecule has 112 valence electrons. The van der Waals surface area contributed by atoms with Crippen LogP contribution in [0.2, 0.25) is 0 Å². The van der Waals surface area contributed by atoms with E-state index in [4.69, 9.17) is 9.72 Å². The monoisotopic (exact) mass is 389 g/mol. The van der Waals surface area contributed by atoms with Gasteiger partial charge in [0.2, 0.25) is 0 Å². The van der Waals surface area contributed by atoms with Crippen molar-refractivity contribution in [2.45, 2.75) is 52.1 Å². The minimum absolute atomic E-state index is 0.0507. The van der Waals surface area contributed by atoms with Gasteiger partial charge in [-0.1, -0.05) is 19.3 Å². The molecule has 1 saturated carbocycles. The number of nitrogens with one attached hydrogen (secondary N) is 1. The van der Waals surface area contributed by atoms with Crippen LogP contribution in [0.1, 0.15) is 57.9 Å². The number of ether oxygens (including phenoxy) is 1. The number of rotatable bonds is 6. The Kier molecular flexibility index (Phi) is 6.48. The molecular formula is C15H24IN3O. The Morgan fingerprint density at radius 3 is 2.75 bits per heavy atom. The van der Waals surface area contributed by atoms with Crippen LogP contribution in [0.25, 0.3) is 0 Å². The van der Waals surface area contributed by atoms with Crippen LogP contribution in [0.5, 0.6) is 0 Å². The zero-order valence-electron chi connectivity index (χ0n) is 12.4. The molecule has 1 fully saturated rings. The van der Waals surface area contributed by atoms with E-state index in [1.165, 1.54) is 32.1 Å². The van der Waals surface area contributed by atoms with Crippen molar-refractivity contribution < 1.29 is 4.74 Å². The Hall–Kier alpha value is -0.430. The second-order valence-corrected chi connectivity index (χ2v) is 6.39. The van der Waals surface area contributed by atoms with Crippen molar-refractivity contribution in [1.29, 1.82) is 0 Å². The molecule has 1 aromatic rings. The van der Waals surface area contributed by atoms with Gasteiger partial charge >= 0.3 is 0 Å². The Morgan fingerprint density at radius 1 is 1.35 bits per heavy atom. The van der Waals surface area contributed by atoms with Gasteiger partial charge in [0.25, 0.3) is 0 Å². The first-order valence-corrected chi connectivity index (χ1v) is 8.72. The Labute approximate surface area is 135 Å². The second kappa shape index (κ2) is 8.12. The summed E-state index contributed by atoms with van der Waals surface area (Å²) in [5.74, 6) is 2.34. The van der Waals surface area contributed by atoms with E-state index in [0.29, 0.717) is 12.5 Å². The predicted molar refractivity (Wildman–Crippen MR) is 89.9 cm³/mol. The average Bonchev–Trinajstić information content (AvgIpc) is 2.48. The lowest BCUT2D eigenvalue weighted by Crippen LogP contribution is -2.22. The summed E-state index contributed by atoms with van der Waals surface area (Å²) in [7, 11) is 0. The molecule has 0 aliphatic heterocycles. The number of hydrogen-bond acceptors (Lipinski definition) is 4. The summed E-state index contributed by atoms with van der Waals surface area (Å²) in [4.78, 5) is 9.23. The molecule has 1 aliphatic carbocycles. The fourth-order valence-electron chi connectivity index (χ4n) is 2.85. The van der Waals surface area contributed by atoms with Crippen LogP contribution < -0.4 is 5.32 Å². The quantitative estimate of drug-likeness (QED) is 0.742. The summed E-state index contributed by atoms with van der Waals surface area (Å²) in [6.07, 6.45) is 8.38. The maximum absolute atomic E-state index is 5.99. The fraction of sp³-hybridized carbons (Fsp3) is 0.733.